The molecule has 6 nitrogen and oxygen atoms in total. The Labute approximate surface area is 413 Å². The zero-order valence-electron chi connectivity index (χ0n) is 43.6. The first-order valence-electron chi connectivity index (χ1n) is 27.7. The highest BCUT2D eigenvalue weighted by Crippen LogP contribution is 2.14. The molecular weight excluding hydrogens is 829 g/mol. The van der Waals surface area contributed by atoms with Crippen molar-refractivity contribution in [2.24, 2.45) is 0 Å². The minimum Gasteiger partial charge on any atom is -0.462 e. The molecule has 0 aromatic rings. The van der Waals surface area contributed by atoms with Gasteiger partial charge in [0.25, 0.3) is 0 Å². The van der Waals surface area contributed by atoms with Crippen LogP contribution in [0.15, 0.2) is 97.2 Å². The van der Waals surface area contributed by atoms with Gasteiger partial charge in [-0.3, -0.25) is 14.4 Å². The minimum atomic E-state index is -0.811. The van der Waals surface area contributed by atoms with E-state index >= 15 is 0 Å². The molecule has 67 heavy (non-hydrogen) atoms. The second-order valence-electron chi connectivity index (χ2n) is 18.1. The summed E-state index contributed by atoms with van der Waals surface area (Å²) in [6, 6.07) is 0. The van der Waals surface area contributed by atoms with E-state index in [1.165, 1.54) is 103 Å². The van der Waals surface area contributed by atoms with E-state index < -0.39 is 6.10 Å². The molecule has 0 aliphatic carbocycles. The molecule has 1 atom stereocenters. The van der Waals surface area contributed by atoms with Crippen molar-refractivity contribution in [2.75, 3.05) is 13.2 Å². The quantitative estimate of drug-likeness (QED) is 0.0262. The van der Waals surface area contributed by atoms with Crippen LogP contribution in [0.25, 0.3) is 0 Å². The van der Waals surface area contributed by atoms with Crippen LogP contribution >= 0.6 is 0 Å². The topological polar surface area (TPSA) is 78.9 Å². The van der Waals surface area contributed by atoms with Gasteiger partial charge in [0.15, 0.2) is 6.10 Å². The monoisotopic (exact) mass is 931 g/mol. The fraction of sp³-hybridized carbons (Fsp3) is 0.689. The van der Waals surface area contributed by atoms with Crippen LogP contribution in [0.5, 0.6) is 0 Å². The Morgan fingerprint density at radius 1 is 0.313 bits per heavy atom. The second-order valence-corrected chi connectivity index (χ2v) is 18.1. The molecule has 1 unspecified atom stereocenters. The smallest absolute Gasteiger partial charge is 0.306 e. The van der Waals surface area contributed by atoms with Crippen molar-refractivity contribution in [2.45, 2.75) is 258 Å². The number of hydrogen-bond acceptors (Lipinski definition) is 6. The fourth-order valence-electron chi connectivity index (χ4n) is 7.40. The number of carbonyl (C=O) groups is 3. The SMILES string of the molecule is CC/C=C\C/C=C\C/C=C\C/C=C\CCCCCCCCC(=O)OCC(COC(=O)CC/C=C\C/C=C\CCCCCCCC)OC(=O)CCCCCCCCC/C=C\C/C=C\CCCCC. The number of ether oxygens (including phenoxy) is 3. The number of allylic oxidation sites excluding steroid dienone is 16. The molecule has 0 saturated carbocycles. The summed E-state index contributed by atoms with van der Waals surface area (Å²) in [4.78, 5) is 38.1. The Balaban J connectivity index is 4.47. The molecule has 0 bridgehead atoms. The van der Waals surface area contributed by atoms with Gasteiger partial charge >= 0.3 is 17.9 Å². The Bertz CT molecular complexity index is 1350. The zero-order valence-corrected chi connectivity index (χ0v) is 43.6. The molecule has 0 rings (SSSR count). The van der Waals surface area contributed by atoms with Gasteiger partial charge in [-0.2, -0.15) is 0 Å². The van der Waals surface area contributed by atoms with E-state index in [4.69, 9.17) is 14.2 Å². The maximum Gasteiger partial charge on any atom is 0.306 e. The van der Waals surface area contributed by atoms with Crippen molar-refractivity contribution >= 4 is 17.9 Å². The predicted molar refractivity (Wildman–Crippen MR) is 288 cm³/mol. The van der Waals surface area contributed by atoms with E-state index in [-0.39, 0.29) is 37.5 Å². The van der Waals surface area contributed by atoms with Gasteiger partial charge in [-0.1, -0.05) is 221 Å². The molecule has 0 aromatic heterocycles. The first-order chi connectivity index (χ1) is 33.0. The predicted octanol–water partition coefficient (Wildman–Crippen LogP) is 18.5. The fourth-order valence-corrected chi connectivity index (χ4v) is 7.40. The van der Waals surface area contributed by atoms with Crippen LogP contribution in [0.2, 0.25) is 0 Å². The Morgan fingerprint density at radius 2 is 0.612 bits per heavy atom. The van der Waals surface area contributed by atoms with Gasteiger partial charge in [0.2, 0.25) is 0 Å². The molecule has 0 radical (unpaired) electrons. The van der Waals surface area contributed by atoms with Crippen molar-refractivity contribution in [1.82, 2.24) is 0 Å². The number of rotatable bonds is 49. The summed E-state index contributed by atoms with van der Waals surface area (Å²) in [5, 5.41) is 0. The average molecular weight is 931 g/mol. The molecule has 382 valence electrons. The van der Waals surface area contributed by atoms with Crippen LogP contribution < -0.4 is 0 Å². The van der Waals surface area contributed by atoms with Crippen molar-refractivity contribution in [3.8, 4) is 0 Å². The third-order valence-corrected chi connectivity index (χ3v) is 11.6. The van der Waals surface area contributed by atoms with E-state index in [0.29, 0.717) is 19.3 Å². The van der Waals surface area contributed by atoms with Gasteiger partial charge in [0.05, 0.1) is 0 Å². The van der Waals surface area contributed by atoms with Crippen LogP contribution in [0.1, 0.15) is 252 Å². The minimum absolute atomic E-state index is 0.106. The number of hydrogen-bond donors (Lipinski definition) is 0. The van der Waals surface area contributed by atoms with E-state index in [1.807, 2.05) is 6.08 Å². The third-order valence-electron chi connectivity index (χ3n) is 11.6. The molecule has 0 saturated heterocycles. The lowest BCUT2D eigenvalue weighted by atomic mass is 10.1. The molecule has 0 amide bonds. The lowest BCUT2D eigenvalue weighted by molar-refractivity contribution is -0.166. The summed E-state index contributed by atoms with van der Waals surface area (Å²) in [6.45, 7) is 6.42. The van der Waals surface area contributed by atoms with Gasteiger partial charge in [0, 0.05) is 19.3 Å². The molecule has 0 aromatic carbocycles. The van der Waals surface area contributed by atoms with Gasteiger partial charge in [-0.25, -0.2) is 0 Å². The summed E-state index contributed by atoms with van der Waals surface area (Å²) >= 11 is 0. The van der Waals surface area contributed by atoms with Crippen LogP contribution in [0.3, 0.4) is 0 Å². The van der Waals surface area contributed by atoms with E-state index in [9.17, 15) is 14.4 Å². The van der Waals surface area contributed by atoms with E-state index in [1.54, 1.807) is 0 Å². The average Bonchev–Trinajstić information content (AvgIpc) is 3.33. The first-order valence-corrected chi connectivity index (χ1v) is 27.7. The van der Waals surface area contributed by atoms with Gasteiger partial charge in [-0.05, 0) is 109 Å². The van der Waals surface area contributed by atoms with Crippen LogP contribution in [-0.2, 0) is 28.6 Å². The number of unbranched alkanes of at least 4 members (excludes halogenated alkanes) is 22. The zero-order chi connectivity index (χ0) is 48.6. The molecule has 0 heterocycles. The molecule has 0 spiro atoms. The highest BCUT2D eigenvalue weighted by molar-refractivity contribution is 5.71. The highest BCUT2D eigenvalue weighted by Gasteiger charge is 2.19. The summed E-state index contributed by atoms with van der Waals surface area (Å²) < 4.78 is 16.8. The molecule has 0 aliphatic heterocycles. The van der Waals surface area contributed by atoms with E-state index in [0.717, 1.165) is 103 Å². The Kier molecular flexibility index (Phi) is 51.9. The number of esters is 3. The summed E-state index contributed by atoms with van der Waals surface area (Å²) in [6.07, 6.45) is 72.6. The summed E-state index contributed by atoms with van der Waals surface area (Å²) in [5.74, 6) is -0.996. The van der Waals surface area contributed by atoms with Crippen LogP contribution in [0.4, 0.5) is 0 Å². The van der Waals surface area contributed by atoms with Crippen LogP contribution in [-0.4, -0.2) is 37.2 Å². The van der Waals surface area contributed by atoms with Gasteiger partial charge in [-0.15, -0.1) is 0 Å². The van der Waals surface area contributed by atoms with Crippen molar-refractivity contribution in [3.63, 3.8) is 0 Å². The number of carbonyl (C=O) groups excluding carboxylic acids is 3. The van der Waals surface area contributed by atoms with Crippen LogP contribution in [0, 0.1) is 0 Å². The normalized spacial score (nSPS) is 12.8. The molecule has 0 aliphatic rings. The molecule has 0 fully saturated rings. The van der Waals surface area contributed by atoms with Crippen molar-refractivity contribution in [1.29, 1.82) is 0 Å². The summed E-state index contributed by atoms with van der Waals surface area (Å²) in [5.41, 5.74) is 0. The van der Waals surface area contributed by atoms with Crippen molar-refractivity contribution in [3.05, 3.63) is 97.2 Å². The van der Waals surface area contributed by atoms with Gasteiger partial charge < -0.3 is 14.2 Å². The molecule has 6 heteroatoms. The van der Waals surface area contributed by atoms with Gasteiger partial charge in [0.1, 0.15) is 13.2 Å². The maximum atomic E-state index is 12.8. The maximum absolute atomic E-state index is 12.8. The lowest BCUT2D eigenvalue weighted by Gasteiger charge is -2.18. The Hall–Kier alpha value is -3.67. The largest absolute Gasteiger partial charge is 0.462 e. The summed E-state index contributed by atoms with van der Waals surface area (Å²) in [7, 11) is 0. The molecule has 0 N–H and O–H groups in total. The highest BCUT2D eigenvalue weighted by atomic mass is 16.6. The van der Waals surface area contributed by atoms with Crippen molar-refractivity contribution < 1.29 is 28.6 Å². The Morgan fingerprint density at radius 3 is 1.03 bits per heavy atom. The second kappa shape index (κ2) is 54.9. The molecular formula is C61H102O6. The third kappa shape index (κ3) is 53.2. The van der Waals surface area contributed by atoms with E-state index in [2.05, 4.69) is 112 Å². The standard InChI is InChI=1S/C61H102O6/c1-4-7-10-13-16-19-22-25-27-29-30-32-33-36-39-42-45-48-51-54-60(63)66-57-58(56-65-59(62)53-50-47-44-41-38-35-24-21-18-15-12-9-6-3)67-61(64)55-52-49-46-43-40-37-34-31-28-26-23-20-17-14-11-8-5-2/h7,10,16-17,19-20,25-28,30,32,35,38,44,47,58H,4-6,8-9,11-15,18,21-24,29,31,33-34,36-37,39-43,45-46,48-57H2,1-3H3/b10-7-,19-16-,20-17-,27-25-,28-26-,32-30-,38-35-,47-44-. The first kappa shape index (κ1) is 63.3. The lowest BCUT2D eigenvalue weighted by Crippen LogP contribution is -2.30.